The highest BCUT2D eigenvalue weighted by molar-refractivity contribution is 5.91. The Hall–Kier alpha value is -2.41. The number of carbonyl (C=O) groups is 3. The molecule has 1 N–H and O–H groups in total. The van der Waals surface area contributed by atoms with E-state index < -0.39 is 11.9 Å². The Morgan fingerprint density at radius 1 is 1.12 bits per heavy atom. The molecule has 0 aromatic heterocycles. The van der Waals surface area contributed by atoms with Crippen LogP contribution in [0.3, 0.4) is 0 Å². The van der Waals surface area contributed by atoms with Gasteiger partial charge in [0.05, 0.1) is 25.4 Å². The quantitative estimate of drug-likeness (QED) is 0.511. The summed E-state index contributed by atoms with van der Waals surface area (Å²) >= 11 is 0. The minimum absolute atomic E-state index is 0.135. The molecule has 0 saturated carbocycles. The minimum atomic E-state index is -0.568. The van der Waals surface area contributed by atoms with E-state index in [0.29, 0.717) is 25.1 Å². The lowest BCUT2D eigenvalue weighted by Crippen LogP contribution is -2.29. The highest BCUT2D eigenvalue weighted by Crippen LogP contribution is 2.08. The third-order valence-corrected chi connectivity index (χ3v) is 3.21. The van der Waals surface area contributed by atoms with E-state index in [4.69, 9.17) is 9.47 Å². The van der Waals surface area contributed by atoms with Crippen molar-refractivity contribution in [3.05, 3.63) is 35.4 Å². The maximum atomic E-state index is 11.9. The van der Waals surface area contributed by atoms with Crippen LogP contribution in [0.1, 0.15) is 42.6 Å². The second-order valence-electron chi connectivity index (χ2n) is 5.66. The van der Waals surface area contributed by atoms with Crippen LogP contribution in [0.15, 0.2) is 24.3 Å². The molecule has 25 heavy (non-hydrogen) atoms. The number of amides is 1. The van der Waals surface area contributed by atoms with Crippen LogP contribution in [-0.4, -0.2) is 44.2 Å². The molecular formula is C18H25NO6. The van der Waals surface area contributed by atoms with Crippen molar-refractivity contribution in [2.24, 2.45) is 0 Å². The van der Waals surface area contributed by atoms with Crippen molar-refractivity contribution in [2.45, 2.75) is 39.4 Å². The van der Waals surface area contributed by atoms with Crippen molar-refractivity contribution in [2.75, 3.05) is 20.3 Å². The number of ether oxygens (including phenoxy) is 3. The van der Waals surface area contributed by atoms with Gasteiger partial charge < -0.3 is 19.5 Å². The second-order valence-corrected chi connectivity index (χ2v) is 5.66. The fourth-order valence-corrected chi connectivity index (χ4v) is 1.83. The highest BCUT2D eigenvalue weighted by atomic mass is 16.5. The standard InChI is InChI=1S/C18H25NO6/c1-13(2)24-11-14-6-8-15(9-7-14)18(22)25-12-16(20)19-10-4-5-17(21)23-3/h6-9,13H,4-5,10-12H2,1-3H3,(H,19,20). The average molecular weight is 351 g/mol. The first-order chi connectivity index (χ1) is 11.9. The Morgan fingerprint density at radius 2 is 1.80 bits per heavy atom. The van der Waals surface area contributed by atoms with Crippen molar-refractivity contribution < 1.29 is 28.6 Å². The molecule has 7 nitrogen and oxygen atoms in total. The van der Waals surface area contributed by atoms with Crippen molar-refractivity contribution in [3.8, 4) is 0 Å². The van der Waals surface area contributed by atoms with Crippen molar-refractivity contribution >= 4 is 17.8 Å². The van der Waals surface area contributed by atoms with Gasteiger partial charge in [-0.2, -0.15) is 0 Å². The molecule has 0 saturated heterocycles. The summed E-state index contributed by atoms with van der Waals surface area (Å²) in [6.45, 7) is 4.32. The third-order valence-electron chi connectivity index (χ3n) is 3.21. The Morgan fingerprint density at radius 3 is 2.40 bits per heavy atom. The Labute approximate surface area is 147 Å². The van der Waals surface area contributed by atoms with Crippen LogP contribution >= 0.6 is 0 Å². The summed E-state index contributed by atoms with van der Waals surface area (Å²) in [6.07, 6.45) is 0.825. The molecular weight excluding hydrogens is 326 g/mol. The number of methoxy groups -OCH3 is 1. The van der Waals surface area contributed by atoms with E-state index in [1.54, 1.807) is 24.3 Å². The number of esters is 2. The second kappa shape index (κ2) is 11.2. The first-order valence-corrected chi connectivity index (χ1v) is 8.13. The molecule has 138 valence electrons. The third kappa shape index (κ3) is 8.85. The lowest BCUT2D eigenvalue weighted by atomic mass is 10.1. The van der Waals surface area contributed by atoms with E-state index in [0.717, 1.165) is 5.56 Å². The molecule has 7 heteroatoms. The number of carbonyl (C=O) groups excluding carboxylic acids is 3. The average Bonchev–Trinajstić information content (AvgIpc) is 2.61. The molecule has 0 atom stereocenters. The van der Waals surface area contributed by atoms with Gasteiger partial charge in [0.2, 0.25) is 0 Å². The maximum absolute atomic E-state index is 11.9. The van der Waals surface area contributed by atoms with Crippen LogP contribution in [0.4, 0.5) is 0 Å². The molecule has 0 fully saturated rings. The monoisotopic (exact) mass is 351 g/mol. The summed E-state index contributed by atoms with van der Waals surface area (Å²) in [5, 5.41) is 2.56. The van der Waals surface area contributed by atoms with E-state index >= 15 is 0 Å². The molecule has 1 aromatic carbocycles. The van der Waals surface area contributed by atoms with Gasteiger partial charge in [0.1, 0.15) is 0 Å². The molecule has 0 radical (unpaired) electrons. The topological polar surface area (TPSA) is 90.9 Å². The SMILES string of the molecule is COC(=O)CCCNC(=O)COC(=O)c1ccc(COC(C)C)cc1. The largest absolute Gasteiger partial charge is 0.469 e. The molecule has 0 unspecified atom stereocenters. The van der Waals surface area contributed by atoms with Crippen LogP contribution in [0.25, 0.3) is 0 Å². The lowest BCUT2D eigenvalue weighted by Gasteiger charge is -2.09. The van der Waals surface area contributed by atoms with Gasteiger partial charge in [-0.25, -0.2) is 4.79 Å². The van der Waals surface area contributed by atoms with Gasteiger partial charge in [-0.3, -0.25) is 9.59 Å². The van der Waals surface area contributed by atoms with Gasteiger partial charge in [-0.15, -0.1) is 0 Å². The predicted octanol–water partition coefficient (Wildman–Crippen LogP) is 1.84. The molecule has 0 aliphatic carbocycles. The Bertz CT molecular complexity index is 567. The fourth-order valence-electron chi connectivity index (χ4n) is 1.83. The van der Waals surface area contributed by atoms with Gasteiger partial charge in [0, 0.05) is 13.0 Å². The van der Waals surface area contributed by atoms with Gasteiger partial charge in [0.25, 0.3) is 5.91 Å². The molecule has 1 amide bonds. The van der Waals surface area contributed by atoms with E-state index in [1.165, 1.54) is 7.11 Å². The zero-order chi connectivity index (χ0) is 18.7. The normalized spacial score (nSPS) is 10.4. The maximum Gasteiger partial charge on any atom is 0.338 e. The summed E-state index contributed by atoms with van der Waals surface area (Å²) in [6, 6.07) is 6.84. The molecule has 1 rings (SSSR count). The predicted molar refractivity (Wildman–Crippen MR) is 90.9 cm³/mol. The number of benzene rings is 1. The van der Waals surface area contributed by atoms with E-state index in [-0.39, 0.29) is 25.1 Å². The van der Waals surface area contributed by atoms with Gasteiger partial charge in [-0.1, -0.05) is 12.1 Å². The van der Waals surface area contributed by atoms with Gasteiger partial charge in [-0.05, 0) is 38.0 Å². The summed E-state index contributed by atoms with van der Waals surface area (Å²) < 4.78 is 14.9. The summed E-state index contributed by atoms with van der Waals surface area (Å²) in [5.41, 5.74) is 1.32. The lowest BCUT2D eigenvalue weighted by molar-refractivity contribution is -0.140. The molecule has 0 spiro atoms. The highest BCUT2D eigenvalue weighted by Gasteiger charge is 2.10. The summed E-state index contributed by atoms with van der Waals surface area (Å²) in [7, 11) is 1.31. The molecule has 0 aliphatic rings. The Balaban J connectivity index is 2.29. The van der Waals surface area contributed by atoms with Crippen LogP contribution < -0.4 is 5.32 Å². The van der Waals surface area contributed by atoms with Crippen molar-refractivity contribution in [3.63, 3.8) is 0 Å². The number of nitrogens with one attached hydrogen (secondary N) is 1. The van der Waals surface area contributed by atoms with Crippen LogP contribution in [0.2, 0.25) is 0 Å². The van der Waals surface area contributed by atoms with Crippen molar-refractivity contribution in [1.82, 2.24) is 5.32 Å². The number of hydrogen-bond donors (Lipinski definition) is 1. The molecule has 0 heterocycles. The number of hydrogen-bond acceptors (Lipinski definition) is 6. The van der Waals surface area contributed by atoms with Crippen molar-refractivity contribution in [1.29, 1.82) is 0 Å². The van der Waals surface area contributed by atoms with Crippen LogP contribution in [0, 0.1) is 0 Å². The van der Waals surface area contributed by atoms with E-state index in [2.05, 4.69) is 10.1 Å². The first-order valence-electron chi connectivity index (χ1n) is 8.13. The van der Waals surface area contributed by atoms with Gasteiger partial charge in [0.15, 0.2) is 6.61 Å². The van der Waals surface area contributed by atoms with Gasteiger partial charge >= 0.3 is 11.9 Å². The summed E-state index contributed by atoms with van der Waals surface area (Å²) in [4.78, 5) is 34.4. The zero-order valence-corrected chi connectivity index (χ0v) is 14.9. The Kier molecular flexibility index (Phi) is 9.24. The van der Waals surface area contributed by atoms with Crippen LogP contribution in [0.5, 0.6) is 0 Å². The van der Waals surface area contributed by atoms with E-state index in [1.807, 2.05) is 13.8 Å². The van der Waals surface area contributed by atoms with Crippen LogP contribution in [-0.2, 0) is 30.4 Å². The number of rotatable bonds is 10. The smallest absolute Gasteiger partial charge is 0.338 e. The summed E-state index contributed by atoms with van der Waals surface area (Å²) in [5.74, 6) is -1.32. The fraction of sp³-hybridized carbons (Fsp3) is 0.500. The zero-order valence-electron chi connectivity index (χ0n) is 14.9. The molecule has 0 bridgehead atoms. The van der Waals surface area contributed by atoms with E-state index in [9.17, 15) is 14.4 Å². The molecule has 0 aliphatic heterocycles. The molecule has 1 aromatic rings. The first kappa shape index (κ1) is 20.6. The minimum Gasteiger partial charge on any atom is -0.469 e.